The van der Waals surface area contributed by atoms with Gasteiger partial charge in [-0.15, -0.1) is 0 Å². The number of carbonyl (C=O) groups is 12. The van der Waals surface area contributed by atoms with E-state index in [0.29, 0.717) is 18.5 Å². The van der Waals surface area contributed by atoms with Crippen molar-refractivity contribution >= 4 is 83.0 Å². The molecule has 0 spiro atoms. The molecule has 9 atom stereocenters. The summed E-state index contributed by atoms with van der Waals surface area (Å²) < 4.78 is 0. The Kier molecular flexibility index (Phi) is 42.7. The summed E-state index contributed by atoms with van der Waals surface area (Å²) in [7, 11) is 0. The number of H-pyrrole nitrogens is 1. The zero-order chi connectivity index (χ0) is 75.1. The molecule has 9 amide bonds. The van der Waals surface area contributed by atoms with Crippen molar-refractivity contribution in [1.29, 1.82) is 0 Å². The molecule has 1 aromatic heterocycles. The van der Waals surface area contributed by atoms with Crippen LogP contribution in [0.25, 0.3) is 0 Å². The molecular formula is C64H105N22O15Tb. The average molecular weight is 1580 g/mol. The first kappa shape index (κ1) is 89.8. The molecule has 0 bridgehead atoms. The predicted octanol–water partition coefficient (Wildman–Crippen LogP) is -9.62. The largest absolute Gasteiger partial charge is 3.00 e. The first-order chi connectivity index (χ1) is 47.9. The van der Waals surface area contributed by atoms with Crippen molar-refractivity contribution in [2.24, 2.45) is 56.2 Å². The van der Waals surface area contributed by atoms with Crippen LogP contribution in [0.4, 0.5) is 0 Å². The summed E-state index contributed by atoms with van der Waals surface area (Å²) in [5.41, 5.74) is 35.1. The average Bonchev–Trinajstić information content (AvgIpc) is 0.902. The van der Waals surface area contributed by atoms with Gasteiger partial charge in [0.1, 0.15) is 48.3 Å². The fraction of sp³-hybridized carbons (Fsp3) is 0.641. The van der Waals surface area contributed by atoms with Gasteiger partial charge in [-0.2, -0.15) is 0 Å². The number of amides is 9. The molecule has 21 N–H and O–H groups in total. The van der Waals surface area contributed by atoms with E-state index in [4.69, 9.17) is 34.4 Å². The molecule has 2 heterocycles. The Morgan fingerprint density at radius 2 is 0.931 bits per heavy atom. The van der Waals surface area contributed by atoms with Gasteiger partial charge in [0.15, 0.2) is 11.9 Å². The van der Waals surface area contributed by atoms with E-state index in [2.05, 4.69) is 62.5 Å². The van der Waals surface area contributed by atoms with Gasteiger partial charge in [0, 0.05) is 110 Å². The van der Waals surface area contributed by atoms with Crippen LogP contribution in [0.1, 0.15) is 104 Å². The third-order valence-electron chi connectivity index (χ3n) is 16.6. The zero-order valence-electron chi connectivity index (χ0n) is 58.8. The van der Waals surface area contributed by atoms with Crippen LogP contribution in [-0.4, -0.2) is 259 Å². The van der Waals surface area contributed by atoms with E-state index < -0.39 is 152 Å². The number of aromatic nitrogens is 2. The Hall–Kier alpha value is -8.30. The van der Waals surface area contributed by atoms with Crippen LogP contribution < -0.4 is 92.3 Å². The summed E-state index contributed by atoms with van der Waals surface area (Å²) in [6, 6.07) is -1.77. The van der Waals surface area contributed by atoms with Gasteiger partial charge in [0.25, 0.3) is 0 Å². The van der Waals surface area contributed by atoms with Gasteiger partial charge in [-0.3, -0.25) is 72.7 Å². The topological polar surface area (TPSA) is 593 Å². The molecule has 1 aliphatic heterocycles. The standard InChI is InChI=1S/C64H108N22O15.Tb/c1-6-40(4)54(62(101)80-47(55(66)94)31-42-14-8-7-9-15-42)82-61(100)48(30-39(2)3)81-59(98)46(18-13-21-73-64(69)70)79-58(97)45(17-12-20-72-63(67)68)78-57(96)44(16-10-11-19-65)77-56(95)41(5)75-60(99)49(32-43-33-71-38-74-43)76-50(87)34-83-22-24-84(35-51(88)89)26-28-86(37-53(92)93)29-27-85(25-23-83)36-52(90)91;/h7-9,14-15,33,38-41,44-49,54H,6,10-13,16-32,34-37,65H2,1-5H3,(H2,66,94)(H,71,74)(H,75,99)(H,76,87)(H,77,95)(H,78,96)(H,79,97)(H,80,101)(H,81,98)(H,82,100)(H,88,89)(H,90,91)(H,92,93)(H4,67,68,72)(H4,69,70,73);/q;+3/p-3/t40-,41-,44-,45-,46-,47-,48-,49-,54-;/m0./s1. The molecule has 38 heteroatoms. The summed E-state index contributed by atoms with van der Waals surface area (Å²) >= 11 is 0. The number of carboxylic acids is 3. The minimum Gasteiger partial charge on any atom is -0.549 e. The van der Waals surface area contributed by atoms with Gasteiger partial charge in [0.2, 0.25) is 53.2 Å². The zero-order valence-corrected chi connectivity index (χ0v) is 60.9. The minimum atomic E-state index is -1.45. The third kappa shape index (κ3) is 36.5. The summed E-state index contributed by atoms with van der Waals surface area (Å²) in [4.78, 5) is 183. The fourth-order valence-corrected chi connectivity index (χ4v) is 10.8. The first-order valence-corrected chi connectivity index (χ1v) is 33.9. The smallest absolute Gasteiger partial charge is 0.549 e. The number of primary amides is 1. The van der Waals surface area contributed by atoms with E-state index in [0.717, 1.165) is 5.56 Å². The third-order valence-corrected chi connectivity index (χ3v) is 16.6. The summed E-state index contributed by atoms with van der Waals surface area (Å²) in [6.45, 7) is 7.14. The number of carbonyl (C=O) groups excluding carboxylic acids is 12. The molecule has 2 aromatic rings. The van der Waals surface area contributed by atoms with Crippen molar-refractivity contribution in [2.45, 2.75) is 154 Å². The SMILES string of the molecule is CC[C@H](C)[C@H](NC(=O)[C@H](CC(C)C)NC(=O)[C@H](CCCN=C(N)N)NC(=O)[C@H](CCCN=C(N)N)NC(=O)[C@H](CCCCN)NC(=O)[C@H](C)NC(=O)[C@H](Cc1cnc[nH]1)NC(=O)CN1CCN(CC(=O)[O-])CCN(CC(=O)[O-])CCN(CC(=O)[O-])CC1)C(=O)N[C@@H](Cc1ccccc1)C(N)=O.[Tb+3]. The minimum absolute atomic E-state index is 0. The maximum Gasteiger partial charge on any atom is 3.00 e. The number of carboxylic acid groups (broad SMARTS) is 3. The summed E-state index contributed by atoms with van der Waals surface area (Å²) in [5, 5.41) is 56.6. The predicted molar refractivity (Wildman–Crippen MR) is 365 cm³/mol. The number of unbranched alkanes of at least 4 members (excludes halogenated alkanes) is 1. The molecule has 1 saturated heterocycles. The van der Waals surface area contributed by atoms with Crippen LogP contribution in [-0.2, 0) is 70.4 Å². The van der Waals surface area contributed by atoms with E-state index >= 15 is 0 Å². The molecular weight excluding hydrogens is 1480 g/mol. The number of benzene rings is 1. The van der Waals surface area contributed by atoms with Gasteiger partial charge in [-0.25, -0.2) is 4.98 Å². The number of hydrogen-bond donors (Lipinski definition) is 15. The van der Waals surface area contributed by atoms with Gasteiger partial charge in [0.05, 0.1) is 30.8 Å². The number of aliphatic imine (C=N–C) groups is 2. The van der Waals surface area contributed by atoms with Crippen LogP contribution in [0, 0.1) is 50.4 Å². The second kappa shape index (κ2) is 48.6. The van der Waals surface area contributed by atoms with Crippen molar-refractivity contribution < 1.29 is 111 Å². The van der Waals surface area contributed by atoms with Crippen LogP contribution in [0.5, 0.6) is 0 Å². The van der Waals surface area contributed by atoms with Gasteiger partial charge in [-0.05, 0) is 82.2 Å². The molecule has 3 rings (SSSR count). The molecule has 1 fully saturated rings. The fourth-order valence-electron chi connectivity index (χ4n) is 10.8. The maximum atomic E-state index is 14.7. The molecule has 0 aliphatic carbocycles. The van der Waals surface area contributed by atoms with E-state index in [9.17, 15) is 72.9 Å². The van der Waals surface area contributed by atoms with Crippen molar-refractivity contribution in [1.82, 2.24) is 72.1 Å². The molecule has 37 nitrogen and oxygen atoms in total. The molecule has 0 radical (unpaired) electrons. The number of aliphatic carboxylic acids is 3. The van der Waals surface area contributed by atoms with Crippen molar-refractivity contribution in [3.05, 3.63) is 54.1 Å². The number of aromatic amines is 1. The molecule has 1 aliphatic rings. The van der Waals surface area contributed by atoms with Crippen molar-refractivity contribution in [3.8, 4) is 0 Å². The number of nitrogens with two attached hydrogens (primary N) is 6. The number of nitrogens with zero attached hydrogens (tertiary/aromatic N) is 7. The second-order valence-corrected chi connectivity index (χ2v) is 25.4. The number of rotatable bonds is 44. The molecule has 102 heavy (non-hydrogen) atoms. The van der Waals surface area contributed by atoms with Gasteiger partial charge in [-0.1, -0.05) is 64.4 Å². The van der Waals surface area contributed by atoms with Crippen LogP contribution >= 0.6 is 0 Å². The Morgan fingerprint density at radius 3 is 1.34 bits per heavy atom. The Bertz CT molecular complexity index is 3020. The summed E-state index contributed by atoms with van der Waals surface area (Å²) in [5.74, 6) is -12.7. The maximum absolute atomic E-state index is 14.7. The molecule has 1 aromatic carbocycles. The van der Waals surface area contributed by atoms with Gasteiger partial charge < -0.3 is 112 Å². The van der Waals surface area contributed by atoms with Crippen LogP contribution in [0.15, 0.2) is 52.8 Å². The van der Waals surface area contributed by atoms with Crippen LogP contribution in [0.2, 0.25) is 0 Å². The monoisotopic (exact) mass is 1580 g/mol. The number of hydrogen-bond acceptors (Lipinski definition) is 23. The van der Waals surface area contributed by atoms with Gasteiger partial charge >= 0.3 is 38.6 Å². The van der Waals surface area contributed by atoms with E-state index in [1.54, 1.807) is 62.9 Å². The first-order valence-electron chi connectivity index (χ1n) is 33.9. The Morgan fingerprint density at radius 1 is 0.510 bits per heavy atom. The Labute approximate surface area is 625 Å². The van der Waals surface area contributed by atoms with E-state index in [-0.39, 0.29) is 186 Å². The summed E-state index contributed by atoms with van der Waals surface area (Å²) in [6.07, 6.45) is 3.72. The normalized spacial score (nSPS) is 16.0. The number of nitrogens with one attached hydrogen (secondary N) is 9. The quantitative estimate of drug-likeness (QED) is 0.0166. The van der Waals surface area contributed by atoms with Crippen LogP contribution in [0.3, 0.4) is 0 Å². The van der Waals surface area contributed by atoms with Crippen molar-refractivity contribution in [3.63, 3.8) is 0 Å². The van der Waals surface area contributed by atoms with E-state index in [1.165, 1.54) is 34.1 Å². The number of imidazole rings is 1. The number of guanidine groups is 2. The molecule has 570 valence electrons. The van der Waals surface area contributed by atoms with Crippen molar-refractivity contribution in [2.75, 3.05) is 98.2 Å². The molecule has 0 saturated carbocycles. The second-order valence-electron chi connectivity index (χ2n) is 25.4. The Balaban J connectivity index is 0.0000354. The van der Waals surface area contributed by atoms with E-state index in [1.807, 2.05) is 0 Å². The molecule has 0 unspecified atom stereocenters.